The fourth-order valence-electron chi connectivity index (χ4n) is 1.62. The molecule has 0 bridgehead atoms. The van der Waals surface area contributed by atoms with Crippen molar-refractivity contribution in [3.8, 4) is 0 Å². The first-order valence-corrected chi connectivity index (χ1v) is 7.81. The van der Waals surface area contributed by atoms with Crippen LogP contribution in [0.25, 0.3) is 5.57 Å². The van der Waals surface area contributed by atoms with Gasteiger partial charge in [0.25, 0.3) is 0 Å². The molecular formula is C14H19O4P. The van der Waals surface area contributed by atoms with Gasteiger partial charge in [-0.2, -0.15) is 0 Å². The van der Waals surface area contributed by atoms with Crippen molar-refractivity contribution in [2.24, 2.45) is 0 Å². The second-order valence-electron chi connectivity index (χ2n) is 3.84. The van der Waals surface area contributed by atoms with Crippen LogP contribution in [0.3, 0.4) is 0 Å². The molecule has 0 aliphatic carbocycles. The molecular weight excluding hydrogens is 263 g/mol. The first-order valence-electron chi connectivity index (χ1n) is 6.20. The van der Waals surface area contributed by atoms with E-state index in [1.165, 1.54) is 12.7 Å². The van der Waals surface area contributed by atoms with Gasteiger partial charge in [-0.3, -0.25) is 9.36 Å². The van der Waals surface area contributed by atoms with Crippen LogP contribution in [0.2, 0.25) is 0 Å². The minimum atomic E-state index is -3.38. The van der Waals surface area contributed by atoms with Gasteiger partial charge in [-0.15, -0.1) is 0 Å². The zero-order valence-corrected chi connectivity index (χ0v) is 12.4. The smallest absolute Gasteiger partial charge is 0.306 e. The summed E-state index contributed by atoms with van der Waals surface area (Å²) >= 11 is 0. The number of hydrogen-bond acceptors (Lipinski definition) is 4. The van der Waals surface area contributed by atoms with Crippen molar-refractivity contribution in [3.05, 3.63) is 41.7 Å². The molecule has 0 radical (unpaired) electrons. The largest absolute Gasteiger partial charge is 0.354 e. The van der Waals surface area contributed by atoms with Crippen molar-refractivity contribution in [1.82, 2.24) is 0 Å². The van der Waals surface area contributed by atoms with Crippen molar-refractivity contribution in [2.75, 3.05) is 13.2 Å². The Hall–Kier alpha value is -1.22. The SMILES string of the molecule is CCOP(=O)(/C=C(/C(C)=O)c1ccccc1)OCC. The maximum absolute atomic E-state index is 12.4. The fourth-order valence-corrected chi connectivity index (χ4v) is 3.21. The molecule has 0 aliphatic rings. The summed E-state index contributed by atoms with van der Waals surface area (Å²) in [4.78, 5) is 11.7. The van der Waals surface area contributed by atoms with Gasteiger partial charge in [0, 0.05) is 11.4 Å². The van der Waals surface area contributed by atoms with Crippen LogP contribution in [0.5, 0.6) is 0 Å². The maximum atomic E-state index is 12.4. The summed E-state index contributed by atoms with van der Waals surface area (Å²) in [5.74, 6) is 1.14. The van der Waals surface area contributed by atoms with Crippen molar-refractivity contribution < 1.29 is 18.4 Å². The predicted octanol–water partition coefficient (Wildman–Crippen LogP) is 3.88. The van der Waals surface area contributed by atoms with Crippen molar-refractivity contribution in [3.63, 3.8) is 0 Å². The molecule has 0 saturated heterocycles. The highest BCUT2D eigenvalue weighted by molar-refractivity contribution is 7.57. The second kappa shape index (κ2) is 7.39. The van der Waals surface area contributed by atoms with Crippen LogP contribution in [-0.4, -0.2) is 19.0 Å². The zero-order valence-electron chi connectivity index (χ0n) is 11.5. The molecule has 5 heteroatoms. The molecule has 0 heterocycles. The van der Waals surface area contributed by atoms with Gasteiger partial charge >= 0.3 is 7.60 Å². The number of carbonyl (C=O) groups is 1. The molecule has 1 rings (SSSR count). The van der Waals surface area contributed by atoms with E-state index in [1.54, 1.807) is 26.0 Å². The molecule has 1 aromatic rings. The summed E-state index contributed by atoms with van der Waals surface area (Å²) < 4.78 is 22.8. The van der Waals surface area contributed by atoms with Gasteiger partial charge in [0.15, 0.2) is 5.78 Å². The molecule has 19 heavy (non-hydrogen) atoms. The maximum Gasteiger partial charge on any atom is 0.354 e. The van der Waals surface area contributed by atoms with Crippen molar-refractivity contribution in [2.45, 2.75) is 20.8 Å². The van der Waals surface area contributed by atoms with Crippen molar-refractivity contribution in [1.29, 1.82) is 0 Å². The quantitative estimate of drug-likeness (QED) is 0.562. The highest BCUT2D eigenvalue weighted by atomic mass is 31.2. The molecule has 104 valence electrons. The normalized spacial score (nSPS) is 12.5. The first-order chi connectivity index (χ1) is 9.02. The van der Waals surface area contributed by atoms with Gasteiger partial charge in [-0.25, -0.2) is 0 Å². The van der Waals surface area contributed by atoms with E-state index < -0.39 is 7.60 Å². The lowest BCUT2D eigenvalue weighted by molar-refractivity contribution is -0.111. The highest BCUT2D eigenvalue weighted by Crippen LogP contribution is 2.51. The lowest BCUT2D eigenvalue weighted by Crippen LogP contribution is -1.99. The van der Waals surface area contributed by atoms with Crippen LogP contribution < -0.4 is 0 Å². The first kappa shape index (κ1) is 15.8. The van der Waals surface area contributed by atoms with Gasteiger partial charge in [-0.05, 0) is 26.3 Å². The standard InChI is InChI=1S/C14H19O4P/c1-4-17-19(16,18-5-2)11-14(12(3)15)13-9-7-6-8-10-13/h6-11H,4-5H2,1-3H3/b14-11-. The number of hydrogen-bond donors (Lipinski definition) is 0. The van der Waals surface area contributed by atoms with Crippen LogP contribution >= 0.6 is 7.60 Å². The molecule has 0 aliphatic heterocycles. The molecule has 0 fully saturated rings. The summed E-state index contributed by atoms with van der Waals surface area (Å²) in [6.07, 6.45) is 0. The van der Waals surface area contributed by atoms with Gasteiger partial charge in [0.1, 0.15) is 0 Å². The Morgan fingerprint density at radius 1 is 1.16 bits per heavy atom. The van der Waals surface area contributed by atoms with Crippen LogP contribution in [0, 0.1) is 0 Å². The lowest BCUT2D eigenvalue weighted by Gasteiger charge is -2.14. The van der Waals surface area contributed by atoms with Gasteiger partial charge in [0.05, 0.1) is 13.2 Å². The third-order valence-corrected chi connectivity index (χ3v) is 4.18. The number of allylic oxidation sites excluding steroid dienone is 1. The van der Waals surface area contributed by atoms with E-state index in [1.807, 2.05) is 18.2 Å². The number of carbonyl (C=O) groups excluding carboxylic acids is 1. The predicted molar refractivity (Wildman–Crippen MR) is 76.0 cm³/mol. The average Bonchev–Trinajstić information content (AvgIpc) is 2.37. The molecule has 1 aromatic carbocycles. The van der Waals surface area contributed by atoms with Crippen LogP contribution in [0.1, 0.15) is 26.3 Å². The lowest BCUT2D eigenvalue weighted by atomic mass is 10.1. The van der Waals surface area contributed by atoms with Gasteiger partial charge in [0.2, 0.25) is 0 Å². The monoisotopic (exact) mass is 282 g/mol. The Labute approximate surface area is 114 Å². The third-order valence-electron chi connectivity index (χ3n) is 2.37. The second-order valence-corrected chi connectivity index (χ2v) is 5.69. The number of Topliss-reactive ketones (excluding diaryl/α,β-unsaturated/α-hetero) is 1. The van der Waals surface area contributed by atoms with E-state index in [2.05, 4.69) is 0 Å². The molecule has 4 nitrogen and oxygen atoms in total. The van der Waals surface area contributed by atoms with Crippen LogP contribution in [-0.2, 0) is 18.4 Å². The number of ketones is 1. The van der Waals surface area contributed by atoms with E-state index in [0.29, 0.717) is 11.1 Å². The molecule has 0 N–H and O–H groups in total. The Balaban J connectivity index is 3.21. The molecule has 0 saturated carbocycles. The Morgan fingerprint density at radius 3 is 2.11 bits per heavy atom. The summed E-state index contributed by atoms with van der Waals surface area (Å²) in [5, 5.41) is 0. The summed E-state index contributed by atoms with van der Waals surface area (Å²) in [6.45, 7) is 5.41. The molecule has 0 aromatic heterocycles. The molecule has 0 atom stereocenters. The summed E-state index contributed by atoms with van der Waals surface area (Å²) in [6, 6.07) is 9.06. The Morgan fingerprint density at radius 2 is 1.68 bits per heavy atom. The molecule has 0 spiro atoms. The summed E-state index contributed by atoms with van der Waals surface area (Å²) in [7, 11) is -3.38. The van der Waals surface area contributed by atoms with E-state index >= 15 is 0 Å². The fraction of sp³-hybridized carbons (Fsp3) is 0.357. The third kappa shape index (κ3) is 4.75. The highest BCUT2D eigenvalue weighted by Gasteiger charge is 2.23. The van der Waals surface area contributed by atoms with E-state index in [9.17, 15) is 9.36 Å². The van der Waals surface area contributed by atoms with E-state index in [-0.39, 0.29) is 19.0 Å². The van der Waals surface area contributed by atoms with E-state index in [4.69, 9.17) is 9.05 Å². The average molecular weight is 282 g/mol. The Kier molecular flexibility index (Phi) is 6.16. The minimum Gasteiger partial charge on any atom is -0.306 e. The van der Waals surface area contributed by atoms with Crippen molar-refractivity contribution >= 4 is 19.0 Å². The molecule has 0 amide bonds. The minimum absolute atomic E-state index is 0.175. The van der Waals surface area contributed by atoms with Crippen LogP contribution in [0.15, 0.2) is 36.1 Å². The zero-order chi connectivity index (χ0) is 14.3. The topological polar surface area (TPSA) is 52.6 Å². The number of rotatable bonds is 7. The molecule has 0 unspecified atom stereocenters. The van der Waals surface area contributed by atoms with Crippen LogP contribution in [0.4, 0.5) is 0 Å². The van der Waals surface area contributed by atoms with Gasteiger partial charge in [-0.1, -0.05) is 30.3 Å². The van der Waals surface area contributed by atoms with Gasteiger partial charge < -0.3 is 9.05 Å². The number of benzene rings is 1. The summed E-state index contributed by atoms with van der Waals surface area (Å²) in [5.41, 5.74) is 1.06. The Bertz CT molecular complexity index is 483. The van der Waals surface area contributed by atoms with E-state index in [0.717, 1.165) is 0 Å².